The van der Waals surface area contributed by atoms with Crippen LogP contribution in [0, 0.1) is 0 Å². The molecule has 0 radical (unpaired) electrons. The zero-order chi connectivity index (χ0) is 14.0. The Morgan fingerprint density at radius 1 is 0.900 bits per heavy atom. The number of nitrogens with zero attached hydrogens (tertiary/aromatic N) is 1. The normalized spacial score (nSPS) is 11.5. The van der Waals surface area contributed by atoms with E-state index in [9.17, 15) is 5.11 Å². The Kier molecular flexibility index (Phi) is 3.70. The van der Waals surface area contributed by atoms with Gasteiger partial charge in [-0.15, -0.1) is 11.3 Å². The fraction of sp³-hybridized carbons (Fsp3) is 0.0625. The number of thiazole rings is 1. The Bertz CT molecular complexity index is 657. The van der Waals surface area contributed by atoms with E-state index < -0.39 is 5.60 Å². The molecule has 20 heavy (non-hydrogen) atoms. The second-order valence-electron chi connectivity index (χ2n) is 4.42. The first-order valence-corrected chi connectivity index (χ1v) is 7.77. The van der Waals surface area contributed by atoms with Crippen LogP contribution in [0.15, 0.2) is 70.8 Å². The molecule has 0 aliphatic carbocycles. The average Bonchev–Trinajstić information content (AvgIpc) is 2.95. The zero-order valence-electron chi connectivity index (χ0n) is 10.5. The van der Waals surface area contributed by atoms with Gasteiger partial charge in [-0.2, -0.15) is 0 Å². The molecule has 1 aromatic heterocycles. The van der Waals surface area contributed by atoms with Crippen LogP contribution in [0.3, 0.4) is 0 Å². The van der Waals surface area contributed by atoms with Crippen LogP contribution in [-0.4, -0.2) is 10.1 Å². The predicted molar refractivity (Wildman–Crippen MR) is 84.8 cm³/mol. The zero-order valence-corrected chi connectivity index (χ0v) is 12.9. The van der Waals surface area contributed by atoms with Crippen molar-refractivity contribution in [3.05, 3.63) is 86.8 Å². The van der Waals surface area contributed by atoms with Crippen molar-refractivity contribution in [1.82, 2.24) is 4.98 Å². The van der Waals surface area contributed by atoms with Crippen molar-refractivity contribution >= 4 is 27.3 Å². The average molecular weight is 346 g/mol. The Morgan fingerprint density at radius 2 is 1.40 bits per heavy atom. The Balaban J connectivity index is 2.23. The monoisotopic (exact) mass is 345 g/mol. The Morgan fingerprint density at radius 3 is 1.80 bits per heavy atom. The molecule has 0 bridgehead atoms. The molecule has 0 spiro atoms. The van der Waals surface area contributed by atoms with Crippen molar-refractivity contribution in [3.63, 3.8) is 0 Å². The minimum atomic E-state index is -1.17. The first kappa shape index (κ1) is 13.5. The van der Waals surface area contributed by atoms with E-state index in [2.05, 4.69) is 20.9 Å². The molecular formula is C16H12BrNOS. The summed E-state index contributed by atoms with van der Waals surface area (Å²) in [6.07, 6.45) is 1.72. The second kappa shape index (κ2) is 5.48. The lowest BCUT2D eigenvalue weighted by Crippen LogP contribution is -2.27. The summed E-state index contributed by atoms with van der Waals surface area (Å²) in [7, 11) is 0. The fourth-order valence-electron chi connectivity index (χ4n) is 2.23. The molecule has 1 N–H and O–H groups in total. The second-order valence-corrected chi connectivity index (χ2v) is 6.73. The predicted octanol–water partition coefficient (Wildman–Crippen LogP) is 4.19. The number of benzene rings is 2. The van der Waals surface area contributed by atoms with Crippen LogP contribution in [0.2, 0.25) is 0 Å². The van der Waals surface area contributed by atoms with E-state index in [0.29, 0.717) is 0 Å². The molecule has 0 amide bonds. The van der Waals surface area contributed by atoms with Gasteiger partial charge in [0.15, 0.2) is 9.52 Å². The van der Waals surface area contributed by atoms with Crippen molar-refractivity contribution in [2.75, 3.05) is 0 Å². The van der Waals surface area contributed by atoms with Crippen LogP contribution in [-0.2, 0) is 5.60 Å². The summed E-state index contributed by atoms with van der Waals surface area (Å²) in [6.45, 7) is 0. The van der Waals surface area contributed by atoms with E-state index in [0.717, 1.165) is 19.9 Å². The summed E-state index contributed by atoms with van der Waals surface area (Å²) in [5.74, 6) is 0. The molecule has 4 heteroatoms. The number of hydrogen-bond acceptors (Lipinski definition) is 3. The van der Waals surface area contributed by atoms with E-state index in [1.807, 2.05) is 60.7 Å². The highest BCUT2D eigenvalue weighted by Crippen LogP contribution is 2.40. The first-order valence-electron chi connectivity index (χ1n) is 6.16. The molecule has 100 valence electrons. The van der Waals surface area contributed by atoms with Gasteiger partial charge in [-0.25, -0.2) is 4.98 Å². The minimum Gasteiger partial charge on any atom is -0.375 e. The maximum atomic E-state index is 11.4. The highest BCUT2D eigenvalue weighted by Gasteiger charge is 2.35. The third-order valence-corrected chi connectivity index (χ3v) is 4.80. The van der Waals surface area contributed by atoms with Gasteiger partial charge >= 0.3 is 0 Å². The van der Waals surface area contributed by atoms with Gasteiger partial charge < -0.3 is 5.11 Å². The lowest BCUT2D eigenvalue weighted by Gasteiger charge is -2.27. The smallest absolute Gasteiger partial charge is 0.159 e. The third kappa shape index (κ3) is 2.30. The van der Waals surface area contributed by atoms with Crippen molar-refractivity contribution in [1.29, 1.82) is 0 Å². The van der Waals surface area contributed by atoms with Crippen molar-refractivity contribution < 1.29 is 5.11 Å². The van der Waals surface area contributed by atoms with Crippen LogP contribution in [0.5, 0.6) is 0 Å². The lowest BCUT2D eigenvalue weighted by atomic mass is 9.85. The van der Waals surface area contributed by atoms with Gasteiger partial charge in [-0.3, -0.25) is 0 Å². The number of halogens is 1. The summed E-state index contributed by atoms with van der Waals surface area (Å²) in [4.78, 5) is 5.00. The molecule has 1 heterocycles. The molecule has 0 saturated heterocycles. The maximum absolute atomic E-state index is 11.4. The van der Waals surface area contributed by atoms with Gasteiger partial charge in [-0.1, -0.05) is 60.7 Å². The fourth-order valence-corrected chi connectivity index (χ4v) is 3.63. The standard InChI is InChI=1S/C16H12BrNOS/c17-15-18-11-14(20-15)16(19,12-7-3-1-4-8-12)13-9-5-2-6-10-13/h1-11,19H. The highest BCUT2D eigenvalue weighted by atomic mass is 79.9. The highest BCUT2D eigenvalue weighted by molar-refractivity contribution is 9.11. The van der Waals surface area contributed by atoms with Gasteiger partial charge in [0, 0.05) is 6.20 Å². The quantitative estimate of drug-likeness (QED) is 0.771. The maximum Gasteiger partial charge on any atom is 0.159 e. The molecule has 0 atom stereocenters. The van der Waals surface area contributed by atoms with E-state index in [1.165, 1.54) is 11.3 Å². The molecule has 0 aliphatic rings. The minimum absolute atomic E-state index is 0.762. The van der Waals surface area contributed by atoms with Crippen LogP contribution >= 0.6 is 27.3 Å². The Hall–Kier alpha value is -1.49. The lowest BCUT2D eigenvalue weighted by molar-refractivity contribution is 0.129. The summed E-state index contributed by atoms with van der Waals surface area (Å²) >= 11 is 4.81. The molecule has 2 nitrogen and oxygen atoms in total. The topological polar surface area (TPSA) is 33.1 Å². The summed E-state index contributed by atoms with van der Waals surface area (Å²) < 4.78 is 0.762. The van der Waals surface area contributed by atoms with Gasteiger partial charge in [0.05, 0.1) is 4.88 Å². The molecule has 2 aromatic carbocycles. The number of hydrogen-bond donors (Lipinski definition) is 1. The molecule has 0 fully saturated rings. The molecule has 0 saturated carbocycles. The molecule has 0 unspecified atom stereocenters. The van der Waals surface area contributed by atoms with Crippen molar-refractivity contribution in [3.8, 4) is 0 Å². The SMILES string of the molecule is OC(c1ccccc1)(c1ccccc1)c1cnc(Br)s1. The van der Waals surface area contributed by atoms with Crippen molar-refractivity contribution in [2.45, 2.75) is 5.60 Å². The largest absolute Gasteiger partial charge is 0.375 e. The molecule has 3 rings (SSSR count). The molecule has 0 aliphatic heterocycles. The third-order valence-electron chi connectivity index (χ3n) is 3.22. The van der Waals surface area contributed by atoms with Gasteiger partial charge in [0.25, 0.3) is 0 Å². The summed E-state index contributed by atoms with van der Waals surface area (Å²) in [5, 5.41) is 11.4. The van der Waals surface area contributed by atoms with Gasteiger partial charge in [0.1, 0.15) is 0 Å². The summed E-state index contributed by atoms with van der Waals surface area (Å²) in [6, 6.07) is 19.3. The number of rotatable bonds is 3. The van der Waals surface area contributed by atoms with Crippen LogP contribution in [0.1, 0.15) is 16.0 Å². The van der Waals surface area contributed by atoms with Crippen LogP contribution in [0.4, 0.5) is 0 Å². The number of aliphatic hydroxyl groups is 1. The van der Waals surface area contributed by atoms with Crippen LogP contribution in [0.25, 0.3) is 0 Å². The number of aromatic nitrogens is 1. The van der Waals surface area contributed by atoms with Gasteiger partial charge in [-0.05, 0) is 27.1 Å². The summed E-state index contributed by atoms with van der Waals surface area (Å²) in [5.41, 5.74) is 0.497. The van der Waals surface area contributed by atoms with E-state index in [4.69, 9.17) is 0 Å². The van der Waals surface area contributed by atoms with Crippen LogP contribution < -0.4 is 0 Å². The molecular weight excluding hydrogens is 334 g/mol. The van der Waals surface area contributed by atoms with E-state index >= 15 is 0 Å². The van der Waals surface area contributed by atoms with Gasteiger partial charge in [0.2, 0.25) is 0 Å². The molecule has 3 aromatic rings. The first-order chi connectivity index (χ1) is 9.71. The Labute approximate surface area is 129 Å². The van der Waals surface area contributed by atoms with Crippen molar-refractivity contribution in [2.24, 2.45) is 0 Å². The van der Waals surface area contributed by atoms with E-state index in [-0.39, 0.29) is 0 Å². The van der Waals surface area contributed by atoms with E-state index in [1.54, 1.807) is 6.20 Å².